The average molecular weight is 299 g/mol. The highest BCUT2D eigenvalue weighted by Gasteiger charge is 2.44. The van der Waals surface area contributed by atoms with Gasteiger partial charge in [-0.05, 0) is 30.0 Å². The van der Waals surface area contributed by atoms with E-state index in [9.17, 15) is 9.18 Å². The Morgan fingerprint density at radius 3 is 2.73 bits per heavy atom. The predicted octanol–water partition coefficient (Wildman–Crippen LogP) is 3.25. The van der Waals surface area contributed by atoms with Gasteiger partial charge < -0.3 is 10.1 Å². The summed E-state index contributed by atoms with van der Waals surface area (Å²) >= 11 is 0. The molecular formula is C18H18FNO2. The summed E-state index contributed by atoms with van der Waals surface area (Å²) in [5, 5.41) is 2.91. The largest absolute Gasteiger partial charge is 0.496 e. The third-order valence-corrected chi connectivity index (χ3v) is 4.08. The molecule has 1 aliphatic rings. The minimum Gasteiger partial charge on any atom is -0.496 e. The number of rotatable bonds is 5. The van der Waals surface area contributed by atoms with Crippen LogP contribution in [0.15, 0.2) is 48.5 Å². The fraction of sp³-hybridized carbons (Fsp3) is 0.278. The van der Waals surface area contributed by atoms with E-state index in [4.69, 9.17) is 4.74 Å². The van der Waals surface area contributed by atoms with Crippen molar-refractivity contribution in [3.8, 4) is 5.75 Å². The van der Waals surface area contributed by atoms with Gasteiger partial charge in [-0.2, -0.15) is 0 Å². The van der Waals surface area contributed by atoms with Crippen molar-refractivity contribution in [1.82, 2.24) is 5.32 Å². The molecule has 0 heterocycles. The first-order valence-corrected chi connectivity index (χ1v) is 7.34. The fourth-order valence-corrected chi connectivity index (χ4v) is 2.77. The number of amides is 1. The molecule has 0 aromatic heterocycles. The number of halogens is 1. The molecule has 2 aromatic rings. The van der Waals surface area contributed by atoms with Crippen molar-refractivity contribution in [2.45, 2.75) is 18.9 Å². The van der Waals surface area contributed by atoms with Gasteiger partial charge in [0.05, 0.1) is 7.11 Å². The van der Waals surface area contributed by atoms with Crippen LogP contribution in [0.5, 0.6) is 5.75 Å². The van der Waals surface area contributed by atoms with Gasteiger partial charge in [0.1, 0.15) is 11.6 Å². The highest BCUT2D eigenvalue weighted by atomic mass is 19.1. The Balaban J connectivity index is 1.59. The zero-order chi connectivity index (χ0) is 15.5. The number of para-hydroxylation sites is 1. The van der Waals surface area contributed by atoms with Crippen LogP contribution in [-0.4, -0.2) is 13.0 Å². The topological polar surface area (TPSA) is 38.3 Å². The molecule has 1 N–H and O–H groups in total. The Morgan fingerprint density at radius 1 is 1.23 bits per heavy atom. The van der Waals surface area contributed by atoms with Crippen LogP contribution in [0.2, 0.25) is 0 Å². The van der Waals surface area contributed by atoms with Crippen LogP contribution < -0.4 is 10.1 Å². The SMILES string of the molecule is COc1ccccc1CNC(=O)C1CC1c1ccccc1F. The molecule has 0 bridgehead atoms. The van der Waals surface area contributed by atoms with Crippen molar-refractivity contribution < 1.29 is 13.9 Å². The molecule has 1 aliphatic carbocycles. The standard InChI is InChI=1S/C18H18FNO2/c1-22-17-9-5-2-6-12(17)11-20-18(21)15-10-14(15)13-7-3-4-8-16(13)19/h2-9,14-15H,10-11H2,1H3,(H,20,21). The van der Waals surface area contributed by atoms with Crippen LogP contribution in [0.1, 0.15) is 23.5 Å². The first-order chi connectivity index (χ1) is 10.7. The van der Waals surface area contributed by atoms with Gasteiger partial charge in [0.25, 0.3) is 0 Å². The van der Waals surface area contributed by atoms with Crippen molar-refractivity contribution in [3.63, 3.8) is 0 Å². The van der Waals surface area contributed by atoms with Crippen molar-refractivity contribution in [3.05, 3.63) is 65.5 Å². The monoisotopic (exact) mass is 299 g/mol. The number of methoxy groups -OCH3 is 1. The van der Waals surface area contributed by atoms with Gasteiger partial charge in [-0.3, -0.25) is 4.79 Å². The van der Waals surface area contributed by atoms with Gasteiger partial charge in [0.2, 0.25) is 5.91 Å². The van der Waals surface area contributed by atoms with Gasteiger partial charge in [-0.15, -0.1) is 0 Å². The lowest BCUT2D eigenvalue weighted by atomic mass is 10.1. The second-order valence-electron chi connectivity index (χ2n) is 5.50. The highest BCUT2D eigenvalue weighted by Crippen LogP contribution is 2.48. The Bertz CT molecular complexity index is 686. The summed E-state index contributed by atoms with van der Waals surface area (Å²) in [6, 6.07) is 14.2. The predicted molar refractivity (Wildman–Crippen MR) is 82.1 cm³/mol. The number of hydrogen-bond acceptors (Lipinski definition) is 2. The molecule has 1 amide bonds. The molecule has 4 heteroatoms. The Labute approximate surface area is 129 Å². The zero-order valence-electron chi connectivity index (χ0n) is 12.4. The molecular weight excluding hydrogens is 281 g/mol. The number of nitrogens with one attached hydrogen (secondary N) is 1. The molecule has 0 spiro atoms. The van der Waals surface area contributed by atoms with E-state index in [1.54, 1.807) is 25.3 Å². The molecule has 2 atom stereocenters. The summed E-state index contributed by atoms with van der Waals surface area (Å²) in [4.78, 5) is 12.2. The number of carbonyl (C=O) groups is 1. The van der Waals surface area contributed by atoms with E-state index in [1.165, 1.54) is 6.07 Å². The number of ether oxygens (including phenoxy) is 1. The fourth-order valence-electron chi connectivity index (χ4n) is 2.77. The average Bonchev–Trinajstić information content (AvgIpc) is 3.34. The molecule has 0 radical (unpaired) electrons. The van der Waals surface area contributed by atoms with Crippen molar-refractivity contribution >= 4 is 5.91 Å². The third kappa shape index (κ3) is 2.96. The number of hydrogen-bond donors (Lipinski definition) is 1. The van der Waals surface area contributed by atoms with Crippen LogP contribution in [0.4, 0.5) is 4.39 Å². The van der Waals surface area contributed by atoms with Gasteiger partial charge in [-0.25, -0.2) is 4.39 Å². The molecule has 0 saturated heterocycles. The maximum atomic E-state index is 13.7. The summed E-state index contributed by atoms with van der Waals surface area (Å²) in [5.74, 6) is 0.362. The van der Waals surface area contributed by atoms with Crippen molar-refractivity contribution in [2.75, 3.05) is 7.11 Å². The maximum Gasteiger partial charge on any atom is 0.224 e. The number of benzene rings is 2. The van der Waals surface area contributed by atoms with Crippen molar-refractivity contribution in [2.24, 2.45) is 5.92 Å². The first-order valence-electron chi connectivity index (χ1n) is 7.34. The van der Waals surface area contributed by atoms with Crippen LogP contribution in [0, 0.1) is 11.7 Å². The van der Waals surface area contributed by atoms with Gasteiger partial charge >= 0.3 is 0 Å². The van der Waals surface area contributed by atoms with E-state index < -0.39 is 0 Å². The van der Waals surface area contributed by atoms with Crippen LogP contribution in [0.25, 0.3) is 0 Å². The minimum absolute atomic E-state index is 0.00105. The lowest BCUT2D eigenvalue weighted by Crippen LogP contribution is -2.25. The Hall–Kier alpha value is -2.36. The van der Waals surface area contributed by atoms with E-state index in [2.05, 4.69) is 5.32 Å². The molecule has 2 unspecified atom stereocenters. The molecule has 1 saturated carbocycles. The molecule has 114 valence electrons. The van der Waals surface area contributed by atoms with Crippen molar-refractivity contribution in [1.29, 1.82) is 0 Å². The van der Waals surface area contributed by atoms with E-state index in [1.807, 2.05) is 24.3 Å². The summed E-state index contributed by atoms with van der Waals surface area (Å²) in [6.07, 6.45) is 0.707. The van der Waals surface area contributed by atoms with Crippen LogP contribution in [-0.2, 0) is 11.3 Å². The first kappa shape index (κ1) is 14.6. The molecule has 3 nitrogen and oxygen atoms in total. The van der Waals surface area contributed by atoms with Crippen LogP contribution in [0.3, 0.4) is 0 Å². The van der Waals surface area contributed by atoms with E-state index in [-0.39, 0.29) is 23.6 Å². The van der Waals surface area contributed by atoms with Crippen LogP contribution >= 0.6 is 0 Å². The quantitative estimate of drug-likeness (QED) is 0.920. The minimum atomic E-state index is -0.229. The molecule has 1 fully saturated rings. The smallest absolute Gasteiger partial charge is 0.224 e. The lowest BCUT2D eigenvalue weighted by molar-refractivity contribution is -0.122. The second-order valence-corrected chi connectivity index (χ2v) is 5.50. The molecule has 3 rings (SSSR count). The molecule has 0 aliphatic heterocycles. The number of carbonyl (C=O) groups excluding carboxylic acids is 1. The Morgan fingerprint density at radius 2 is 1.95 bits per heavy atom. The summed E-state index contributed by atoms with van der Waals surface area (Å²) in [6.45, 7) is 0.420. The Kier molecular flexibility index (Phi) is 4.09. The van der Waals surface area contributed by atoms with Gasteiger partial charge in [0.15, 0.2) is 0 Å². The van der Waals surface area contributed by atoms with E-state index in [0.717, 1.165) is 11.3 Å². The summed E-state index contributed by atoms with van der Waals surface area (Å²) < 4.78 is 19.0. The highest BCUT2D eigenvalue weighted by molar-refractivity contribution is 5.82. The molecule has 2 aromatic carbocycles. The van der Waals surface area contributed by atoms with Gasteiger partial charge in [0, 0.05) is 18.0 Å². The molecule has 22 heavy (non-hydrogen) atoms. The zero-order valence-corrected chi connectivity index (χ0v) is 12.4. The van der Waals surface area contributed by atoms with Gasteiger partial charge in [-0.1, -0.05) is 36.4 Å². The lowest BCUT2D eigenvalue weighted by Gasteiger charge is -2.09. The third-order valence-electron chi connectivity index (χ3n) is 4.08. The second kappa shape index (κ2) is 6.18. The van der Waals surface area contributed by atoms with E-state index >= 15 is 0 Å². The normalized spacial score (nSPS) is 19.5. The summed E-state index contributed by atoms with van der Waals surface area (Å²) in [7, 11) is 1.61. The summed E-state index contributed by atoms with van der Waals surface area (Å²) in [5.41, 5.74) is 1.57. The van der Waals surface area contributed by atoms with E-state index in [0.29, 0.717) is 18.5 Å². The maximum absolute atomic E-state index is 13.7.